The van der Waals surface area contributed by atoms with Crippen molar-refractivity contribution in [1.82, 2.24) is 20.2 Å². The molecule has 0 amide bonds. The Labute approximate surface area is 151 Å². The van der Waals surface area contributed by atoms with Gasteiger partial charge in [-0.2, -0.15) is 13.2 Å². The summed E-state index contributed by atoms with van der Waals surface area (Å²) in [6.07, 6.45) is 0.814. The van der Waals surface area contributed by atoms with Gasteiger partial charge < -0.3 is 4.42 Å². The summed E-state index contributed by atoms with van der Waals surface area (Å²) in [5.74, 6) is -1.05. The summed E-state index contributed by atoms with van der Waals surface area (Å²) in [7, 11) is 0. The third-order valence-electron chi connectivity index (χ3n) is 4.43. The molecule has 0 atom stereocenters. The number of aromatic nitrogens is 4. The summed E-state index contributed by atoms with van der Waals surface area (Å²) in [5, 5.41) is 7.07. The second-order valence-electron chi connectivity index (χ2n) is 6.26. The molecular weight excluding hydrogens is 369 g/mol. The maximum absolute atomic E-state index is 12.5. The van der Waals surface area contributed by atoms with Gasteiger partial charge in [0.05, 0.1) is 5.56 Å². The van der Waals surface area contributed by atoms with E-state index in [-0.39, 0.29) is 16.9 Å². The average molecular weight is 381 g/mol. The zero-order chi connectivity index (χ0) is 18.4. The fraction of sp³-hybridized carbons (Fsp3) is 0.294. The van der Waals surface area contributed by atoms with Crippen LogP contribution in [-0.2, 0) is 18.0 Å². The molecule has 0 radical (unpaired) electrons. The molecule has 0 unspecified atom stereocenters. The summed E-state index contributed by atoms with van der Waals surface area (Å²) in [6, 6.07) is 7.71. The van der Waals surface area contributed by atoms with E-state index in [1.54, 1.807) is 0 Å². The molecule has 0 bridgehead atoms. The van der Waals surface area contributed by atoms with Gasteiger partial charge >= 0.3 is 12.1 Å². The van der Waals surface area contributed by atoms with Crippen LogP contribution in [0.3, 0.4) is 0 Å². The van der Waals surface area contributed by atoms with Gasteiger partial charge in [-0.25, -0.2) is 9.97 Å². The van der Waals surface area contributed by atoms with Crippen LogP contribution >= 0.6 is 11.6 Å². The predicted molar refractivity (Wildman–Crippen MR) is 86.4 cm³/mol. The van der Waals surface area contributed by atoms with Crippen LogP contribution in [0.25, 0.3) is 11.5 Å². The van der Waals surface area contributed by atoms with Gasteiger partial charge in [0, 0.05) is 29.3 Å². The normalized spacial score (nSPS) is 15.8. The first-order valence-electron chi connectivity index (χ1n) is 7.84. The van der Waals surface area contributed by atoms with Gasteiger partial charge in [-0.1, -0.05) is 23.7 Å². The zero-order valence-corrected chi connectivity index (χ0v) is 14.1. The Bertz CT molecular complexity index is 918. The molecule has 1 aliphatic rings. The highest BCUT2D eigenvalue weighted by atomic mass is 35.5. The summed E-state index contributed by atoms with van der Waals surface area (Å²) < 4.78 is 42.2. The molecule has 4 rings (SSSR count). The van der Waals surface area contributed by atoms with Gasteiger partial charge in [0.1, 0.15) is 5.82 Å². The second-order valence-corrected chi connectivity index (χ2v) is 6.70. The van der Waals surface area contributed by atoms with Crippen molar-refractivity contribution < 1.29 is 17.6 Å². The van der Waals surface area contributed by atoms with Crippen molar-refractivity contribution in [2.45, 2.75) is 30.9 Å². The number of nitrogens with zero attached hydrogens (tertiary/aromatic N) is 4. The third-order valence-corrected chi connectivity index (χ3v) is 4.68. The molecule has 1 aromatic carbocycles. The highest BCUT2D eigenvalue weighted by Gasteiger charge is 2.44. The number of alkyl halides is 3. The standard InChI is InChI=1S/C17H12ClF3N4O/c18-12-3-1-11(2-4-12)16(5-6-16)7-13-22-8-10(9-23-13)14-24-25-15(26-14)17(19,20)21/h1-4,8-9H,5-7H2. The Hall–Kier alpha value is -2.48. The fourth-order valence-corrected chi connectivity index (χ4v) is 2.96. The highest BCUT2D eigenvalue weighted by Crippen LogP contribution is 2.50. The lowest BCUT2D eigenvalue weighted by Gasteiger charge is -2.14. The molecule has 134 valence electrons. The lowest BCUT2D eigenvalue weighted by molar-refractivity contribution is -0.156. The second kappa shape index (κ2) is 6.05. The van der Waals surface area contributed by atoms with Gasteiger partial charge in [0.25, 0.3) is 5.89 Å². The smallest absolute Gasteiger partial charge is 0.413 e. The summed E-state index contributed by atoms with van der Waals surface area (Å²) in [4.78, 5) is 8.50. The van der Waals surface area contributed by atoms with Crippen molar-refractivity contribution >= 4 is 11.6 Å². The minimum Gasteiger partial charge on any atom is -0.413 e. The molecule has 1 fully saturated rings. The monoisotopic (exact) mass is 380 g/mol. The van der Waals surface area contributed by atoms with E-state index in [4.69, 9.17) is 11.6 Å². The summed E-state index contributed by atoms with van der Waals surface area (Å²) in [6.45, 7) is 0. The largest absolute Gasteiger partial charge is 0.470 e. The van der Waals surface area contributed by atoms with E-state index in [0.717, 1.165) is 12.8 Å². The van der Waals surface area contributed by atoms with E-state index in [9.17, 15) is 13.2 Å². The van der Waals surface area contributed by atoms with Crippen LogP contribution in [0, 0.1) is 0 Å². The lowest BCUT2D eigenvalue weighted by Crippen LogP contribution is -2.12. The van der Waals surface area contributed by atoms with E-state index in [1.807, 2.05) is 24.3 Å². The van der Waals surface area contributed by atoms with Crippen molar-refractivity contribution in [3.63, 3.8) is 0 Å². The van der Waals surface area contributed by atoms with Crippen LogP contribution in [0.1, 0.15) is 30.1 Å². The van der Waals surface area contributed by atoms with Gasteiger partial charge in [-0.05, 0) is 30.5 Å². The zero-order valence-electron chi connectivity index (χ0n) is 13.3. The molecule has 2 aromatic heterocycles. The van der Waals surface area contributed by atoms with Crippen molar-refractivity contribution in [3.8, 4) is 11.5 Å². The molecule has 0 N–H and O–H groups in total. The Kier molecular flexibility index (Phi) is 3.95. The Balaban J connectivity index is 1.51. The molecule has 5 nitrogen and oxygen atoms in total. The van der Waals surface area contributed by atoms with Crippen LogP contribution in [-0.4, -0.2) is 20.2 Å². The van der Waals surface area contributed by atoms with Crippen molar-refractivity contribution in [2.24, 2.45) is 0 Å². The number of halogens is 4. The van der Waals surface area contributed by atoms with Crippen LogP contribution in [0.15, 0.2) is 41.1 Å². The third kappa shape index (κ3) is 3.29. The molecule has 26 heavy (non-hydrogen) atoms. The highest BCUT2D eigenvalue weighted by molar-refractivity contribution is 6.30. The van der Waals surface area contributed by atoms with Crippen LogP contribution < -0.4 is 0 Å². The lowest BCUT2D eigenvalue weighted by atomic mass is 9.92. The Morgan fingerprint density at radius 1 is 1.04 bits per heavy atom. The summed E-state index contributed by atoms with van der Waals surface area (Å²) in [5.41, 5.74) is 1.43. The van der Waals surface area contributed by atoms with Gasteiger partial charge in [0.2, 0.25) is 0 Å². The number of benzene rings is 1. The predicted octanol–water partition coefficient (Wildman–Crippen LogP) is 4.47. The molecule has 1 aliphatic carbocycles. The van der Waals surface area contributed by atoms with Gasteiger partial charge in [-0.3, -0.25) is 0 Å². The SMILES string of the molecule is FC(F)(F)c1nnc(-c2cnc(CC3(c4ccc(Cl)cc4)CC3)nc2)o1. The molecule has 0 spiro atoms. The van der Waals surface area contributed by atoms with Crippen LogP contribution in [0.4, 0.5) is 13.2 Å². The van der Waals surface area contributed by atoms with Crippen LogP contribution in [0.2, 0.25) is 5.02 Å². The Morgan fingerprint density at radius 2 is 1.69 bits per heavy atom. The molecule has 0 saturated heterocycles. The number of hydrogen-bond acceptors (Lipinski definition) is 5. The molecule has 1 saturated carbocycles. The first-order valence-corrected chi connectivity index (χ1v) is 8.22. The summed E-state index contributed by atoms with van der Waals surface area (Å²) >= 11 is 5.93. The molecule has 9 heteroatoms. The quantitative estimate of drug-likeness (QED) is 0.668. The van der Waals surface area contributed by atoms with Crippen LogP contribution in [0.5, 0.6) is 0 Å². The fourth-order valence-electron chi connectivity index (χ4n) is 2.84. The maximum Gasteiger partial charge on any atom is 0.470 e. The number of hydrogen-bond donors (Lipinski definition) is 0. The first-order chi connectivity index (χ1) is 12.4. The Morgan fingerprint density at radius 3 is 2.23 bits per heavy atom. The molecule has 3 aromatic rings. The van der Waals surface area contributed by atoms with E-state index >= 15 is 0 Å². The number of rotatable bonds is 4. The van der Waals surface area contributed by atoms with E-state index in [1.165, 1.54) is 18.0 Å². The van der Waals surface area contributed by atoms with E-state index < -0.39 is 12.1 Å². The van der Waals surface area contributed by atoms with E-state index in [0.29, 0.717) is 17.3 Å². The topological polar surface area (TPSA) is 64.7 Å². The van der Waals surface area contributed by atoms with Crippen molar-refractivity contribution in [1.29, 1.82) is 0 Å². The molecule has 0 aliphatic heterocycles. The maximum atomic E-state index is 12.5. The van der Waals surface area contributed by atoms with Crippen molar-refractivity contribution in [3.05, 3.63) is 59.0 Å². The van der Waals surface area contributed by atoms with Gasteiger partial charge in [-0.15, -0.1) is 10.2 Å². The van der Waals surface area contributed by atoms with E-state index in [2.05, 4.69) is 24.6 Å². The average Bonchev–Trinajstić information content (AvgIpc) is 3.19. The molecular formula is C17H12ClF3N4O. The molecule has 2 heterocycles. The first kappa shape index (κ1) is 17.0. The minimum absolute atomic E-state index is 0.0000466. The minimum atomic E-state index is -4.68. The van der Waals surface area contributed by atoms with Gasteiger partial charge in [0.15, 0.2) is 0 Å². The van der Waals surface area contributed by atoms with Crippen molar-refractivity contribution in [2.75, 3.05) is 0 Å².